The van der Waals surface area contributed by atoms with Gasteiger partial charge in [-0.05, 0) is 55.8 Å². The maximum atomic E-state index is 13.3. The van der Waals surface area contributed by atoms with Crippen LogP contribution in [0.4, 0.5) is 8.78 Å². The molecule has 0 radical (unpaired) electrons. The third-order valence-electron chi connectivity index (χ3n) is 4.69. The van der Waals surface area contributed by atoms with Gasteiger partial charge in [-0.25, -0.2) is 8.78 Å². The van der Waals surface area contributed by atoms with Crippen molar-refractivity contribution in [3.8, 4) is 0 Å². The number of piperidine rings is 1. The molecule has 1 aliphatic rings. The van der Waals surface area contributed by atoms with Gasteiger partial charge in [-0.1, -0.05) is 11.2 Å². The van der Waals surface area contributed by atoms with Crippen LogP contribution < -0.4 is 5.32 Å². The number of benzene rings is 1. The van der Waals surface area contributed by atoms with Gasteiger partial charge in [0.1, 0.15) is 0 Å². The van der Waals surface area contributed by atoms with Gasteiger partial charge in [0.15, 0.2) is 11.6 Å². The van der Waals surface area contributed by atoms with E-state index in [1.54, 1.807) is 6.07 Å². The van der Waals surface area contributed by atoms with Crippen LogP contribution in [0.15, 0.2) is 22.7 Å². The summed E-state index contributed by atoms with van der Waals surface area (Å²) in [5, 5.41) is 6.13. The molecule has 8 heteroatoms. The van der Waals surface area contributed by atoms with Gasteiger partial charge in [-0.15, -0.1) is 0 Å². The molecule has 1 aromatic carbocycles. The lowest BCUT2D eigenvalue weighted by molar-refractivity contribution is 0.0950. The van der Waals surface area contributed by atoms with E-state index in [0.717, 1.165) is 44.3 Å². The molecule has 0 spiro atoms. The topological polar surface area (TPSA) is 71.3 Å². The molecular weight excluding hydrogens is 342 g/mol. The second-order valence-corrected chi connectivity index (χ2v) is 6.62. The van der Waals surface area contributed by atoms with Crippen molar-refractivity contribution in [1.82, 2.24) is 20.4 Å². The molecule has 0 saturated carbocycles. The predicted octanol–water partition coefficient (Wildman–Crippen LogP) is 2.55. The van der Waals surface area contributed by atoms with Crippen molar-refractivity contribution in [2.45, 2.75) is 32.2 Å². The van der Waals surface area contributed by atoms with Crippen molar-refractivity contribution >= 4 is 5.91 Å². The molecule has 6 nitrogen and oxygen atoms in total. The number of nitrogens with one attached hydrogen (secondary N) is 1. The number of hydrogen-bond donors (Lipinski definition) is 1. The summed E-state index contributed by atoms with van der Waals surface area (Å²) in [6.07, 6.45) is 3.79. The van der Waals surface area contributed by atoms with Crippen LogP contribution in [0.1, 0.15) is 41.3 Å². The van der Waals surface area contributed by atoms with Crippen molar-refractivity contribution in [3.05, 3.63) is 47.1 Å². The average Bonchev–Trinajstić information content (AvgIpc) is 3.11. The number of rotatable bonds is 6. The molecule has 0 unspecified atom stereocenters. The fourth-order valence-electron chi connectivity index (χ4n) is 3.31. The van der Waals surface area contributed by atoms with Crippen LogP contribution >= 0.6 is 0 Å². The van der Waals surface area contributed by atoms with E-state index in [-0.39, 0.29) is 11.7 Å². The SMILES string of the molecule is CNC(=O)c1noc(CN2CCC[C@H](CCc3ccc(F)c(F)c3)C2)n1. The molecule has 140 valence electrons. The number of halogens is 2. The fraction of sp³-hybridized carbons (Fsp3) is 0.500. The van der Waals surface area contributed by atoms with E-state index in [2.05, 4.69) is 20.4 Å². The summed E-state index contributed by atoms with van der Waals surface area (Å²) in [6.45, 7) is 2.31. The van der Waals surface area contributed by atoms with Crippen LogP contribution in [0.5, 0.6) is 0 Å². The molecule has 1 N–H and O–H groups in total. The zero-order valence-corrected chi connectivity index (χ0v) is 14.7. The zero-order chi connectivity index (χ0) is 18.5. The maximum Gasteiger partial charge on any atom is 0.292 e. The van der Waals surface area contributed by atoms with E-state index < -0.39 is 11.6 Å². The van der Waals surface area contributed by atoms with Crippen molar-refractivity contribution < 1.29 is 18.1 Å². The lowest BCUT2D eigenvalue weighted by atomic mass is 9.91. The highest BCUT2D eigenvalue weighted by Gasteiger charge is 2.22. The van der Waals surface area contributed by atoms with Crippen LogP contribution in [0, 0.1) is 17.6 Å². The minimum Gasteiger partial charge on any atom is -0.352 e. The average molecular weight is 364 g/mol. The Morgan fingerprint density at radius 2 is 2.23 bits per heavy atom. The van der Waals surface area contributed by atoms with E-state index in [0.29, 0.717) is 18.4 Å². The lowest BCUT2D eigenvalue weighted by Crippen LogP contribution is -2.35. The van der Waals surface area contributed by atoms with Crippen LogP contribution in [-0.2, 0) is 13.0 Å². The highest BCUT2D eigenvalue weighted by Crippen LogP contribution is 2.23. The zero-order valence-electron chi connectivity index (χ0n) is 14.7. The standard InChI is InChI=1S/C18H22F2N4O2/c1-21-18(25)17-22-16(26-23-17)11-24-8-2-3-13(10-24)5-4-12-6-7-14(19)15(20)9-12/h6-7,9,13H,2-5,8,10-11H2,1H3,(H,21,25)/t13-/m1/s1. The van der Waals surface area contributed by atoms with Gasteiger partial charge < -0.3 is 9.84 Å². The molecule has 1 fully saturated rings. The Bertz CT molecular complexity index is 765. The normalized spacial score (nSPS) is 18.0. The third kappa shape index (κ3) is 4.63. The molecule has 0 aliphatic carbocycles. The highest BCUT2D eigenvalue weighted by molar-refractivity contribution is 5.89. The van der Waals surface area contributed by atoms with Crippen molar-refractivity contribution in [2.75, 3.05) is 20.1 Å². The molecule has 2 heterocycles. The smallest absolute Gasteiger partial charge is 0.292 e. The Labute approximate surface area is 150 Å². The minimum atomic E-state index is -0.812. The third-order valence-corrected chi connectivity index (χ3v) is 4.69. The Morgan fingerprint density at radius 3 is 3.00 bits per heavy atom. The van der Waals surface area contributed by atoms with E-state index >= 15 is 0 Å². The van der Waals surface area contributed by atoms with Crippen molar-refractivity contribution in [2.24, 2.45) is 5.92 Å². The van der Waals surface area contributed by atoms with Crippen LogP contribution in [0.3, 0.4) is 0 Å². The molecule has 1 atom stereocenters. The monoisotopic (exact) mass is 364 g/mol. The van der Waals surface area contributed by atoms with Gasteiger partial charge in [-0.3, -0.25) is 9.69 Å². The van der Waals surface area contributed by atoms with Gasteiger partial charge in [-0.2, -0.15) is 4.98 Å². The number of hydrogen-bond acceptors (Lipinski definition) is 5. The van der Waals surface area contributed by atoms with Crippen molar-refractivity contribution in [1.29, 1.82) is 0 Å². The number of nitrogens with zero attached hydrogens (tertiary/aromatic N) is 3. The van der Waals surface area contributed by atoms with Crippen LogP contribution in [0.25, 0.3) is 0 Å². The van der Waals surface area contributed by atoms with E-state index in [9.17, 15) is 13.6 Å². The first kappa shape index (κ1) is 18.4. The molecule has 0 bridgehead atoms. The Kier molecular flexibility index (Phi) is 5.92. The second kappa shape index (κ2) is 8.35. The Morgan fingerprint density at radius 1 is 1.38 bits per heavy atom. The predicted molar refractivity (Wildman–Crippen MR) is 90.4 cm³/mol. The Hall–Kier alpha value is -2.35. The minimum absolute atomic E-state index is 0.0365. The second-order valence-electron chi connectivity index (χ2n) is 6.62. The quantitative estimate of drug-likeness (QED) is 0.853. The molecule has 1 amide bonds. The molecule has 26 heavy (non-hydrogen) atoms. The van der Waals surface area contributed by atoms with Crippen molar-refractivity contribution in [3.63, 3.8) is 0 Å². The van der Waals surface area contributed by atoms with E-state index in [1.165, 1.54) is 19.2 Å². The summed E-state index contributed by atoms with van der Waals surface area (Å²) >= 11 is 0. The number of carbonyl (C=O) groups excluding carboxylic acids is 1. The molecular formula is C18H22F2N4O2. The van der Waals surface area contributed by atoms with Gasteiger partial charge in [0.25, 0.3) is 11.7 Å². The number of carbonyl (C=O) groups is 1. The highest BCUT2D eigenvalue weighted by atomic mass is 19.2. The molecule has 2 aromatic rings. The summed E-state index contributed by atoms with van der Waals surface area (Å²) < 4.78 is 31.4. The molecule has 1 aliphatic heterocycles. The molecule has 1 saturated heterocycles. The number of likely N-dealkylation sites (tertiary alicyclic amines) is 1. The van der Waals surface area contributed by atoms with Crippen LogP contribution in [-0.4, -0.2) is 41.1 Å². The lowest BCUT2D eigenvalue weighted by Gasteiger charge is -2.31. The summed E-state index contributed by atoms with van der Waals surface area (Å²) in [6, 6.07) is 4.09. The summed E-state index contributed by atoms with van der Waals surface area (Å²) in [4.78, 5) is 17.8. The first-order valence-electron chi connectivity index (χ1n) is 8.76. The van der Waals surface area contributed by atoms with Gasteiger partial charge in [0.2, 0.25) is 5.89 Å². The van der Waals surface area contributed by atoms with E-state index in [4.69, 9.17) is 4.52 Å². The maximum absolute atomic E-state index is 13.3. The number of aromatic nitrogens is 2. The first-order valence-corrected chi connectivity index (χ1v) is 8.76. The largest absolute Gasteiger partial charge is 0.352 e. The van der Waals surface area contributed by atoms with Crippen LogP contribution in [0.2, 0.25) is 0 Å². The number of amides is 1. The summed E-state index contributed by atoms with van der Waals surface area (Å²) in [5.74, 6) is -1.05. The molecule has 1 aromatic heterocycles. The van der Waals surface area contributed by atoms with Gasteiger partial charge in [0, 0.05) is 13.6 Å². The Balaban J connectivity index is 1.51. The first-order chi connectivity index (χ1) is 12.5. The van der Waals surface area contributed by atoms with Gasteiger partial charge in [0.05, 0.1) is 6.54 Å². The summed E-state index contributed by atoms with van der Waals surface area (Å²) in [7, 11) is 1.51. The number of aryl methyl sites for hydroxylation is 1. The fourth-order valence-corrected chi connectivity index (χ4v) is 3.31. The van der Waals surface area contributed by atoms with E-state index in [1.807, 2.05) is 0 Å². The summed E-state index contributed by atoms with van der Waals surface area (Å²) in [5.41, 5.74) is 0.813. The molecule has 3 rings (SSSR count). The van der Waals surface area contributed by atoms with Gasteiger partial charge >= 0.3 is 0 Å².